The van der Waals surface area contributed by atoms with E-state index in [1.165, 1.54) is 0 Å². The quantitative estimate of drug-likeness (QED) is 0.304. The maximum Gasteiger partial charge on any atom is 0.306 e. The molecule has 0 heterocycles. The molecule has 0 amide bonds. The van der Waals surface area contributed by atoms with Crippen LogP contribution in [0, 0.1) is 0 Å². The first-order chi connectivity index (χ1) is 12.8. The van der Waals surface area contributed by atoms with Gasteiger partial charge in [-0.3, -0.25) is 14.4 Å². The van der Waals surface area contributed by atoms with Crippen LogP contribution < -0.4 is 0 Å². The molecule has 0 rings (SSSR count). The van der Waals surface area contributed by atoms with Gasteiger partial charge in [0.15, 0.2) is 6.10 Å². The van der Waals surface area contributed by atoms with Crippen LogP contribution in [0.3, 0.4) is 0 Å². The summed E-state index contributed by atoms with van der Waals surface area (Å²) in [6.45, 7) is 4.69. The second-order valence-electron chi connectivity index (χ2n) is 5.75. The Labute approximate surface area is 160 Å². The van der Waals surface area contributed by atoms with Gasteiger partial charge >= 0.3 is 17.9 Å². The van der Waals surface area contributed by atoms with Crippen molar-refractivity contribution in [3.05, 3.63) is 0 Å². The molecule has 0 radical (unpaired) electrons. The largest absolute Gasteiger partial charge is 0.462 e. The van der Waals surface area contributed by atoms with Crippen LogP contribution >= 0.6 is 0 Å². The molecule has 0 aliphatic carbocycles. The fraction of sp³-hybridized carbons (Fsp3) is 0.833. The van der Waals surface area contributed by atoms with Crippen LogP contribution in [-0.4, -0.2) is 71.9 Å². The topological polar surface area (TPSA) is 140 Å². The van der Waals surface area contributed by atoms with E-state index in [-0.39, 0.29) is 50.8 Å². The third kappa shape index (κ3) is 18.9. The highest BCUT2D eigenvalue weighted by atomic mass is 16.6. The van der Waals surface area contributed by atoms with Crippen LogP contribution in [0.5, 0.6) is 0 Å². The number of hydrogen-bond acceptors (Lipinski definition) is 9. The lowest BCUT2D eigenvalue weighted by molar-refractivity contribution is -0.166. The summed E-state index contributed by atoms with van der Waals surface area (Å²) in [5.74, 6) is -1.09. The van der Waals surface area contributed by atoms with Crippen LogP contribution in [0.1, 0.15) is 59.3 Å². The SMILES string of the molecule is CCCC(=O)OCC(COC(=O)CCC)OC(=O)CCC.OCC(O)CO. The Kier molecular flexibility index (Phi) is 19.4. The van der Waals surface area contributed by atoms with Crippen molar-refractivity contribution < 1.29 is 43.9 Å². The van der Waals surface area contributed by atoms with Gasteiger partial charge in [-0.2, -0.15) is 0 Å². The Morgan fingerprint density at radius 1 is 0.741 bits per heavy atom. The van der Waals surface area contributed by atoms with Crippen LogP contribution in [0.4, 0.5) is 0 Å². The minimum Gasteiger partial charge on any atom is -0.462 e. The van der Waals surface area contributed by atoms with E-state index >= 15 is 0 Å². The molecule has 3 N–H and O–H groups in total. The third-order valence-corrected chi connectivity index (χ3v) is 2.94. The molecule has 0 aromatic carbocycles. The van der Waals surface area contributed by atoms with Crippen molar-refractivity contribution in [2.75, 3.05) is 26.4 Å². The summed E-state index contributed by atoms with van der Waals surface area (Å²) < 4.78 is 15.2. The van der Waals surface area contributed by atoms with Gasteiger partial charge in [0.1, 0.15) is 19.3 Å². The molecule has 27 heavy (non-hydrogen) atoms. The van der Waals surface area contributed by atoms with Crippen molar-refractivity contribution in [3.63, 3.8) is 0 Å². The summed E-state index contributed by atoms with van der Waals surface area (Å²) in [5.41, 5.74) is 0. The standard InChI is InChI=1S/C15H26O6.C3H8O3/c1-4-7-13(16)19-10-12(21-15(18)9-6-3)11-20-14(17)8-5-2;4-1-3(6)2-5/h12H,4-11H2,1-3H3;3-6H,1-2H2. The molecule has 0 aliphatic heterocycles. The van der Waals surface area contributed by atoms with Crippen molar-refractivity contribution in [3.8, 4) is 0 Å². The molecule has 9 heteroatoms. The molecule has 0 aliphatic rings. The summed E-state index contributed by atoms with van der Waals surface area (Å²) in [4.78, 5) is 34.1. The zero-order valence-corrected chi connectivity index (χ0v) is 16.5. The first kappa shape index (κ1) is 27.5. The van der Waals surface area contributed by atoms with Gasteiger partial charge < -0.3 is 29.5 Å². The lowest BCUT2D eigenvalue weighted by Crippen LogP contribution is -2.30. The lowest BCUT2D eigenvalue weighted by Gasteiger charge is -2.18. The Morgan fingerprint density at radius 2 is 1.11 bits per heavy atom. The van der Waals surface area contributed by atoms with Gasteiger partial charge in [-0.05, 0) is 19.3 Å². The zero-order chi connectivity index (χ0) is 21.1. The van der Waals surface area contributed by atoms with Crippen molar-refractivity contribution in [2.24, 2.45) is 0 Å². The average molecular weight is 394 g/mol. The fourth-order valence-electron chi connectivity index (χ4n) is 1.55. The summed E-state index contributed by atoms with van der Waals surface area (Å²) in [7, 11) is 0. The van der Waals surface area contributed by atoms with E-state index < -0.39 is 12.2 Å². The maximum atomic E-state index is 11.5. The Morgan fingerprint density at radius 3 is 1.41 bits per heavy atom. The number of aliphatic hydroxyl groups excluding tert-OH is 3. The van der Waals surface area contributed by atoms with E-state index in [0.717, 1.165) is 0 Å². The first-order valence-corrected chi connectivity index (χ1v) is 9.24. The minimum atomic E-state index is -0.954. The molecule has 0 saturated heterocycles. The molecule has 0 saturated carbocycles. The maximum absolute atomic E-state index is 11.5. The second-order valence-corrected chi connectivity index (χ2v) is 5.75. The van der Waals surface area contributed by atoms with Crippen LogP contribution in [0.25, 0.3) is 0 Å². The molecular formula is C18H34O9. The summed E-state index contributed by atoms with van der Waals surface area (Å²) >= 11 is 0. The Hall–Kier alpha value is -1.71. The Balaban J connectivity index is 0. The number of carbonyl (C=O) groups excluding carboxylic acids is 3. The van der Waals surface area contributed by atoms with Gasteiger partial charge in [-0.25, -0.2) is 0 Å². The molecule has 0 spiro atoms. The number of carbonyl (C=O) groups is 3. The number of esters is 3. The molecule has 0 atom stereocenters. The predicted molar refractivity (Wildman–Crippen MR) is 96.7 cm³/mol. The number of ether oxygens (including phenoxy) is 3. The van der Waals surface area contributed by atoms with Crippen LogP contribution in [0.2, 0.25) is 0 Å². The van der Waals surface area contributed by atoms with Gasteiger partial charge in [0, 0.05) is 19.3 Å². The zero-order valence-electron chi connectivity index (χ0n) is 16.5. The van der Waals surface area contributed by atoms with Gasteiger partial charge in [-0.1, -0.05) is 20.8 Å². The number of aliphatic hydroxyl groups is 3. The number of hydrogen-bond donors (Lipinski definition) is 3. The van der Waals surface area contributed by atoms with Gasteiger partial charge in [-0.15, -0.1) is 0 Å². The highest BCUT2D eigenvalue weighted by Gasteiger charge is 2.18. The van der Waals surface area contributed by atoms with Crippen molar-refractivity contribution in [2.45, 2.75) is 71.5 Å². The summed E-state index contributed by atoms with van der Waals surface area (Å²) in [5, 5.41) is 24.0. The number of rotatable bonds is 13. The van der Waals surface area contributed by atoms with E-state index in [1.54, 1.807) is 0 Å². The van der Waals surface area contributed by atoms with Crippen LogP contribution in [0.15, 0.2) is 0 Å². The minimum absolute atomic E-state index is 0.0896. The normalized spacial score (nSPS) is 10.2. The monoisotopic (exact) mass is 394 g/mol. The van der Waals surface area contributed by atoms with Crippen molar-refractivity contribution in [1.29, 1.82) is 0 Å². The molecule has 0 fully saturated rings. The van der Waals surface area contributed by atoms with Gasteiger partial charge in [0.25, 0.3) is 0 Å². The molecule has 0 aromatic heterocycles. The highest BCUT2D eigenvalue weighted by Crippen LogP contribution is 2.03. The van der Waals surface area contributed by atoms with Gasteiger partial charge in [0.05, 0.1) is 13.2 Å². The fourth-order valence-corrected chi connectivity index (χ4v) is 1.55. The predicted octanol–water partition coefficient (Wildman–Crippen LogP) is 0.717. The molecule has 9 nitrogen and oxygen atoms in total. The van der Waals surface area contributed by atoms with Crippen molar-refractivity contribution in [1.82, 2.24) is 0 Å². The molecular weight excluding hydrogens is 360 g/mol. The summed E-state index contributed by atoms with van der Waals surface area (Å²) in [6, 6.07) is 0. The van der Waals surface area contributed by atoms with Crippen molar-refractivity contribution >= 4 is 17.9 Å². The molecule has 0 bridgehead atoms. The van der Waals surface area contributed by atoms with E-state index in [4.69, 9.17) is 29.5 Å². The molecule has 160 valence electrons. The third-order valence-electron chi connectivity index (χ3n) is 2.94. The smallest absolute Gasteiger partial charge is 0.306 e. The summed E-state index contributed by atoms with van der Waals surface area (Å²) in [6.07, 6.45) is 1.24. The molecule has 0 aromatic rings. The highest BCUT2D eigenvalue weighted by molar-refractivity contribution is 5.71. The second kappa shape index (κ2) is 19.1. The van der Waals surface area contributed by atoms with Gasteiger partial charge in [0.2, 0.25) is 0 Å². The first-order valence-electron chi connectivity index (χ1n) is 9.24. The Bertz CT molecular complexity index is 372. The average Bonchev–Trinajstić information content (AvgIpc) is 2.64. The lowest BCUT2D eigenvalue weighted by atomic mass is 10.3. The van der Waals surface area contributed by atoms with E-state index in [0.29, 0.717) is 32.1 Å². The van der Waals surface area contributed by atoms with E-state index in [9.17, 15) is 14.4 Å². The van der Waals surface area contributed by atoms with E-state index in [2.05, 4.69) is 0 Å². The van der Waals surface area contributed by atoms with E-state index in [1.807, 2.05) is 20.8 Å². The molecule has 0 unspecified atom stereocenters. The van der Waals surface area contributed by atoms with Crippen LogP contribution in [-0.2, 0) is 28.6 Å².